The predicted octanol–water partition coefficient (Wildman–Crippen LogP) is 0.239. The summed E-state index contributed by atoms with van der Waals surface area (Å²) in [5.74, 6) is -0.464. The molecule has 0 radical (unpaired) electrons. The van der Waals surface area contributed by atoms with Crippen molar-refractivity contribution in [1.29, 1.82) is 0 Å². The molecule has 1 aliphatic heterocycles. The summed E-state index contributed by atoms with van der Waals surface area (Å²) < 4.78 is 31.2. The molecule has 1 aromatic rings. The highest BCUT2D eigenvalue weighted by atomic mass is 35.5. The van der Waals surface area contributed by atoms with Gasteiger partial charge in [0.05, 0.1) is 12.6 Å². The molecule has 1 atom stereocenters. The lowest BCUT2D eigenvalue weighted by molar-refractivity contribution is 0.0590. The van der Waals surface area contributed by atoms with E-state index in [9.17, 15) is 13.2 Å². The summed E-state index contributed by atoms with van der Waals surface area (Å²) in [6.07, 6.45) is 0.940. The second kappa shape index (κ2) is 7.32. The van der Waals surface area contributed by atoms with E-state index in [0.29, 0.717) is 6.54 Å². The molecule has 0 bridgehead atoms. The molecular formula is C10H16ClN3O4S2. The van der Waals surface area contributed by atoms with Crippen LogP contribution >= 0.6 is 23.7 Å². The Balaban J connectivity index is 0.00000200. The smallest absolute Gasteiger partial charge is 0.358 e. The molecule has 0 amide bonds. The Kier molecular flexibility index (Phi) is 6.34. The third kappa shape index (κ3) is 3.89. The number of rotatable bonds is 5. The molecule has 114 valence electrons. The number of halogens is 1. The first-order valence-corrected chi connectivity index (χ1v) is 8.13. The van der Waals surface area contributed by atoms with Gasteiger partial charge in [-0.3, -0.25) is 0 Å². The van der Waals surface area contributed by atoms with Crippen LogP contribution in [0.2, 0.25) is 0 Å². The van der Waals surface area contributed by atoms with Gasteiger partial charge in [0.2, 0.25) is 0 Å². The summed E-state index contributed by atoms with van der Waals surface area (Å²) in [4.78, 5) is 15.2. The van der Waals surface area contributed by atoms with E-state index in [-0.39, 0.29) is 28.2 Å². The van der Waals surface area contributed by atoms with E-state index in [1.165, 1.54) is 12.6 Å². The zero-order chi connectivity index (χ0) is 13.9. The zero-order valence-corrected chi connectivity index (χ0v) is 13.2. The van der Waals surface area contributed by atoms with E-state index in [0.717, 1.165) is 30.8 Å². The normalized spacial score (nSPS) is 18.6. The van der Waals surface area contributed by atoms with Crippen molar-refractivity contribution in [2.75, 3.05) is 26.7 Å². The van der Waals surface area contributed by atoms with E-state index < -0.39 is 16.0 Å². The first kappa shape index (κ1) is 17.3. The Morgan fingerprint density at radius 3 is 3.00 bits per heavy atom. The first-order chi connectivity index (χ1) is 9.04. The Morgan fingerprint density at radius 2 is 2.40 bits per heavy atom. The molecule has 20 heavy (non-hydrogen) atoms. The number of nitrogens with zero attached hydrogens (tertiary/aromatic N) is 1. The van der Waals surface area contributed by atoms with Crippen LogP contribution in [-0.2, 0) is 14.8 Å². The van der Waals surface area contributed by atoms with Gasteiger partial charge in [-0.2, -0.15) is 0 Å². The lowest BCUT2D eigenvalue weighted by Gasteiger charge is -2.10. The molecule has 2 N–H and O–H groups in total. The Bertz CT molecular complexity index is 555. The minimum absolute atomic E-state index is 0. The molecular weight excluding hydrogens is 326 g/mol. The van der Waals surface area contributed by atoms with Gasteiger partial charge in [-0.05, 0) is 25.4 Å². The molecule has 2 heterocycles. The predicted molar refractivity (Wildman–Crippen MR) is 76.9 cm³/mol. The third-order valence-corrected chi connectivity index (χ3v) is 5.68. The lowest BCUT2D eigenvalue weighted by Crippen LogP contribution is -2.30. The van der Waals surface area contributed by atoms with Crippen molar-refractivity contribution >= 4 is 39.7 Å². The maximum atomic E-state index is 12.1. The maximum Gasteiger partial charge on any atom is 0.358 e. The molecule has 0 saturated carbocycles. The number of nitrogens with one attached hydrogen (secondary N) is 2. The van der Waals surface area contributed by atoms with Crippen LogP contribution in [0.15, 0.2) is 9.72 Å². The fourth-order valence-corrected chi connectivity index (χ4v) is 4.13. The van der Waals surface area contributed by atoms with Crippen LogP contribution in [0.4, 0.5) is 0 Å². The first-order valence-electron chi connectivity index (χ1n) is 5.77. The van der Waals surface area contributed by atoms with Gasteiger partial charge in [-0.25, -0.2) is 22.9 Å². The summed E-state index contributed by atoms with van der Waals surface area (Å²) in [6, 6.07) is 0. The summed E-state index contributed by atoms with van der Waals surface area (Å²) in [5.41, 5.74) is 1.15. The van der Waals surface area contributed by atoms with Crippen LogP contribution in [0.3, 0.4) is 0 Å². The Morgan fingerprint density at radius 1 is 1.65 bits per heavy atom. The van der Waals surface area contributed by atoms with Gasteiger partial charge in [0, 0.05) is 6.54 Å². The number of carbonyl (C=O) groups is 1. The quantitative estimate of drug-likeness (QED) is 0.745. The number of aromatic nitrogens is 1. The summed E-state index contributed by atoms with van der Waals surface area (Å²) in [7, 11) is -2.52. The topological polar surface area (TPSA) is 97.4 Å². The minimum Gasteiger partial charge on any atom is -0.464 e. The summed E-state index contributed by atoms with van der Waals surface area (Å²) in [6.45, 7) is 2.06. The maximum absolute atomic E-state index is 12.1. The van der Waals surface area contributed by atoms with Gasteiger partial charge in [0.1, 0.15) is 0 Å². The Hall–Kier alpha value is -0.740. The Labute approximate surface area is 127 Å². The summed E-state index contributed by atoms with van der Waals surface area (Å²) in [5, 5.41) is 3.16. The van der Waals surface area contributed by atoms with E-state index in [4.69, 9.17) is 0 Å². The van der Waals surface area contributed by atoms with Crippen molar-refractivity contribution in [2.45, 2.75) is 10.6 Å². The fraction of sp³-hybridized carbons (Fsp3) is 0.600. The van der Waals surface area contributed by atoms with Crippen molar-refractivity contribution in [3.63, 3.8) is 0 Å². The largest absolute Gasteiger partial charge is 0.464 e. The number of sulfonamides is 1. The van der Waals surface area contributed by atoms with Gasteiger partial charge >= 0.3 is 5.97 Å². The van der Waals surface area contributed by atoms with Crippen LogP contribution in [0.1, 0.15) is 16.9 Å². The number of hydrogen-bond acceptors (Lipinski definition) is 7. The van der Waals surface area contributed by atoms with E-state index >= 15 is 0 Å². The molecule has 0 aliphatic carbocycles. The second-order valence-corrected chi connectivity index (χ2v) is 7.01. The molecule has 1 aromatic heterocycles. The standard InChI is InChI=1S/C10H15N3O4S2.ClH/c1-17-9(14)8-10(18-6-12-8)19(15,16)13-5-7-2-3-11-4-7;/h6-7,11,13H,2-5H2,1H3;1H. The van der Waals surface area contributed by atoms with Crippen molar-refractivity contribution in [3.8, 4) is 0 Å². The summed E-state index contributed by atoms with van der Waals surface area (Å²) >= 11 is 0.905. The zero-order valence-electron chi connectivity index (χ0n) is 10.8. The third-order valence-electron chi connectivity index (χ3n) is 2.88. The molecule has 1 aliphatic rings. The van der Waals surface area contributed by atoms with Gasteiger partial charge in [0.25, 0.3) is 10.0 Å². The molecule has 1 fully saturated rings. The van der Waals surface area contributed by atoms with E-state index in [1.54, 1.807) is 0 Å². The van der Waals surface area contributed by atoms with Gasteiger partial charge < -0.3 is 10.1 Å². The highest BCUT2D eigenvalue weighted by molar-refractivity contribution is 7.91. The van der Waals surface area contributed by atoms with Gasteiger partial charge in [0.15, 0.2) is 9.90 Å². The van der Waals surface area contributed by atoms with E-state index in [2.05, 4.69) is 19.8 Å². The van der Waals surface area contributed by atoms with Crippen molar-refractivity contribution in [3.05, 3.63) is 11.2 Å². The highest BCUT2D eigenvalue weighted by Crippen LogP contribution is 2.21. The minimum atomic E-state index is -3.71. The van der Waals surface area contributed by atoms with Crippen molar-refractivity contribution < 1.29 is 17.9 Å². The molecule has 7 nitrogen and oxygen atoms in total. The van der Waals surface area contributed by atoms with Crippen LogP contribution in [0.5, 0.6) is 0 Å². The molecule has 0 spiro atoms. The van der Waals surface area contributed by atoms with Crippen LogP contribution < -0.4 is 10.0 Å². The molecule has 0 aromatic carbocycles. The van der Waals surface area contributed by atoms with E-state index in [1.807, 2.05) is 0 Å². The lowest BCUT2D eigenvalue weighted by atomic mass is 10.1. The number of ether oxygens (including phenoxy) is 1. The SMILES string of the molecule is COC(=O)c1ncsc1S(=O)(=O)NCC1CCNC1.Cl. The van der Waals surface area contributed by atoms with Gasteiger partial charge in [-0.1, -0.05) is 0 Å². The van der Waals surface area contributed by atoms with Gasteiger partial charge in [-0.15, -0.1) is 23.7 Å². The second-order valence-electron chi connectivity index (χ2n) is 4.19. The molecule has 1 unspecified atom stereocenters. The van der Waals surface area contributed by atoms with Crippen molar-refractivity contribution in [1.82, 2.24) is 15.0 Å². The fourth-order valence-electron chi connectivity index (χ4n) is 1.84. The molecule has 10 heteroatoms. The monoisotopic (exact) mass is 341 g/mol. The molecule has 2 rings (SSSR count). The number of esters is 1. The van der Waals surface area contributed by atoms with Crippen LogP contribution in [0, 0.1) is 5.92 Å². The number of thiazole rings is 1. The van der Waals surface area contributed by atoms with Crippen LogP contribution in [0.25, 0.3) is 0 Å². The average molecular weight is 342 g/mol. The molecule has 1 saturated heterocycles. The number of hydrogen-bond donors (Lipinski definition) is 2. The number of carbonyl (C=O) groups excluding carboxylic acids is 1. The number of methoxy groups -OCH3 is 1. The highest BCUT2D eigenvalue weighted by Gasteiger charge is 2.27. The van der Waals surface area contributed by atoms with Crippen LogP contribution in [-0.4, -0.2) is 46.1 Å². The van der Waals surface area contributed by atoms with Crippen molar-refractivity contribution in [2.24, 2.45) is 5.92 Å². The average Bonchev–Trinajstić information content (AvgIpc) is 3.06.